The number of nitrogens with zero attached hydrogens (tertiary/aromatic N) is 2. The quantitative estimate of drug-likeness (QED) is 0.908. The number of hydrogen-bond donors (Lipinski definition) is 2. The predicted octanol–water partition coefficient (Wildman–Crippen LogP) is 2.08. The fourth-order valence-electron chi connectivity index (χ4n) is 1.26. The SMILES string of the molecule is NC(=O)c1ccc(Nc2ncncc2Br)cc1. The third-order valence-electron chi connectivity index (χ3n) is 2.10. The molecule has 1 heterocycles. The number of anilines is 2. The summed E-state index contributed by atoms with van der Waals surface area (Å²) in [5.41, 5.74) is 6.44. The first kappa shape index (κ1) is 11.5. The van der Waals surface area contributed by atoms with Gasteiger partial charge in [0.1, 0.15) is 12.1 Å². The van der Waals surface area contributed by atoms with Gasteiger partial charge in [-0.05, 0) is 40.2 Å². The second kappa shape index (κ2) is 4.92. The Bertz CT molecular complexity index is 541. The molecule has 2 aromatic rings. The molecule has 1 aromatic carbocycles. The first-order valence-corrected chi connectivity index (χ1v) is 5.58. The topological polar surface area (TPSA) is 80.9 Å². The molecule has 0 aliphatic rings. The normalized spacial score (nSPS) is 9.94. The van der Waals surface area contributed by atoms with Crippen LogP contribution in [0, 0.1) is 0 Å². The molecule has 0 fully saturated rings. The summed E-state index contributed by atoms with van der Waals surface area (Å²) in [7, 11) is 0. The Hall–Kier alpha value is -1.95. The van der Waals surface area contributed by atoms with Crippen LogP contribution in [0.5, 0.6) is 0 Å². The number of carbonyl (C=O) groups excluding carboxylic acids is 1. The highest BCUT2D eigenvalue weighted by Crippen LogP contribution is 2.22. The molecule has 0 bridgehead atoms. The van der Waals surface area contributed by atoms with Gasteiger partial charge < -0.3 is 11.1 Å². The van der Waals surface area contributed by atoms with Gasteiger partial charge in [-0.3, -0.25) is 4.79 Å². The average Bonchev–Trinajstić information content (AvgIpc) is 2.33. The lowest BCUT2D eigenvalue weighted by Crippen LogP contribution is -2.10. The van der Waals surface area contributed by atoms with Gasteiger partial charge in [0.15, 0.2) is 0 Å². The average molecular weight is 293 g/mol. The number of nitrogens with two attached hydrogens (primary N) is 1. The van der Waals surface area contributed by atoms with E-state index in [1.165, 1.54) is 6.33 Å². The highest BCUT2D eigenvalue weighted by molar-refractivity contribution is 9.10. The molecule has 0 aliphatic carbocycles. The maximum absolute atomic E-state index is 10.9. The van der Waals surface area contributed by atoms with Gasteiger partial charge in [-0.15, -0.1) is 0 Å². The van der Waals surface area contributed by atoms with Crippen molar-refractivity contribution < 1.29 is 4.79 Å². The molecular formula is C11H9BrN4O. The van der Waals surface area contributed by atoms with Gasteiger partial charge in [0.2, 0.25) is 5.91 Å². The summed E-state index contributed by atoms with van der Waals surface area (Å²) in [6.45, 7) is 0. The van der Waals surface area contributed by atoms with E-state index in [0.717, 1.165) is 10.2 Å². The molecule has 2 rings (SSSR count). The number of halogens is 1. The number of nitrogens with one attached hydrogen (secondary N) is 1. The van der Waals surface area contributed by atoms with E-state index in [9.17, 15) is 4.79 Å². The molecule has 3 N–H and O–H groups in total. The third kappa shape index (κ3) is 2.79. The lowest BCUT2D eigenvalue weighted by atomic mass is 10.2. The zero-order valence-electron chi connectivity index (χ0n) is 8.72. The summed E-state index contributed by atoms with van der Waals surface area (Å²) in [4.78, 5) is 18.8. The number of rotatable bonds is 3. The van der Waals surface area contributed by atoms with E-state index in [1.807, 2.05) is 0 Å². The Labute approximate surface area is 106 Å². The van der Waals surface area contributed by atoms with Crippen molar-refractivity contribution in [2.24, 2.45) is 5.73 Å². The third-order valence-corrected chi connectivity index (χ3v) is 2.68. The van der Waals surface area contributed by atoms with Crippen LogP contribution in [0.2, 0.25) is 0 Å². The molecule has 0 spiro atoms. The van der Waals surface area contributed by atoms with Crippen LogP contribution >= 0.6 is 15.9 Å². The Morgan fingerprint density at radius 2 is 2.00 bits per heavy atom. The maximum Gasteiger partial charge on any atom is 0.248 e. The molecule has 0 unspecified atom stereocenters. The lowest BCUT2D eigenvalue weighted by molar-refractivity contribution is 0.100. The van der Waals surface area contributed by atoms with E-state index in [-0.39, 0.29) is 0 Å². The van der Waals surface area contributed by atoms with Crippen molar-refractivity contribution in [3.05, 3.63) is 46.8 Å². The van der Waals surface area contributed by atoms with Crippen molar-refractivity contribution in [1.29, 1.82) is 0 Å². The van der Waals surface area contributed by atoms with Crippen LogP contribution in [0.4, 0.5) is 11.5 Å². The largest absolute Gasteiger partial charge is 0.366 e. The molecule has 0 saturated carbocycles. The van der Waals surface area contributed by atoms with E-state index in [0.29, 0.717) is 11.4 Å². The molecule has 0 radical (unpaired) electrons. The van der Waals surface area contributed by atoms with Crippen LogP contribution in [0.3, 0.4) is 0 Å². The molecule has 6 heteroatoms. The first-order chi connectivity index (χ1) is 8.16. The van der Waals surface area contributed by atoms with Gasteiger partial charge in [-0.25, -0.2) is 9.97 Å². The van der Waals surface area contributed by atoms with Gasteiger partial charge in [-0.1, -0.05) is 0 Å². The van der Waals surface area contributed by atoms with Gasteiger partial charge in [0, 0.05) is 17.4 Å². The van der Waals surface area contributed by atoms with Crippen LogP contribution in [-0.4, -0.2) is 15.9 Å². The van der Waals surface area contributed by atoms with Gasteiger partial charge >= 0.3 is 0 Å². The van der Waals surface area contributed by atoms with E-state index in [2.05, 4.69) is 31.2 Å². The molecule has 0 saturated heterocycles. The Kier molecular flexibility index (Phi) is 3.34. The summed E-state index contributed by atoms with van der Waals surface area (Å²) in [5, 5.41) is 3.09. The van der Waals surface area contributed by atoms with Crippen molar-refractivity contribution in [1.82, 2.24) is 9.97 Å². The molecule has 0 aliphatic heterocycles. The number of aromatic nitrogens is 2. The van der Waals surface area contributed by atoms with E-state index in [4.69, 9.17) is 5.73 Å². The number of primary amides is 1. The second-order valence-electron chi connectivity index (χ2n) is 3.29. The van der Waals surface area contributed by atoms with Gasteiger partial charge in [-0.2, -0.15) is 0 Å². The monoisotopic (exact) mass is 292 g/mol. The Morgan fingerprint density at radius 1 is 1.29 bits per heavy atom. The molecule has 1 amide bonds. The van der Waals surface area contributed by atoms with Crippen LogP contribution < -0.4 is 11.1 Å². The molecule has 1 aromatic heterocycles. The van der Waals surface area contributed by atoms with Gasteiger partial charge in [0.25, 0.3) is 0 Å². The summed E-state index contributed by atoms with van der Waals surface area (Å²) in [5.74, 6) is 0.214. The summed E-state index contributed by atoms with van der Waals surface area (Å²) >= 11 is 3.33. The van der Waals surface area contributed by atoms with Crippen LogP contribution in [0.25, 0.3) is 0 Å². The van der Waals surface area contributed by atoms with Gasteiger partial charge in [0.05, 0.1) is 4.47 Å². The standard InChI is InChI=1S/C11H9BrN4O/c12-9-5-14-6-15-11(9)16-8-3-1-7(2-4-8)10(13)17/h1-6H,(H2,13,17)(H,14,15,16). The summed E-state index contributed by atoms with van der Waals surface area (Å²) in [6, 6.07) is 6.82. The van der Waals surface area contributed by atoms with E-state index in [1.54, 1.807) is 30.5 Å². The van der Waals surface area contributed by atoms with Crippen LogP contribution in [0.15, 0.2) is 41.3 Å². The minimum atomic E-state index is -0.445. The van der Waals surface area contributed by atoms with Crippen molar-refractivity contribution in [2.45, 2.75) is 0 Å². The highest BCUT2D eigenvalue weighted by atomic mass is 79.9. The first-order valence-electron chi connectivity index (χ1n) is 4.79. The minimum absolute atomic E-state index is 0.445. The zero-order chi connectivity index (χ0) is 12.3. The minimum Gasteiger partial charge on any atom is -0.366 e. The number of carbonyl (C=O) groups is 1. The van der Waals surface area contributed by atoms with Crippen LogP contribution in [0.1, 0.15) is 10.4 Å². The van der Waals surface area contributed by atoms with Crippen LogP contribution in [-0.2, 0) is 0 Å². The molecule has 17 heavy (non-hydrogen) atoms. The molecular weight excluding hydrogens is 284 g/mol. The zero-order valence-corrected chi connectivity index (χ0v) is 10.3. The lowest BCUT2D eigenvalue weighted by Gasteiger charge is -2.06. The summed E-state index contributed by atoms with van der Waals surface area (Å²) in [6.07, 6.45) is 3.10. The number of benzene rings is 1. The summed E-state index contributed by atoms with van der Waals surface area (Å²) < 4.78 is 0.763. The molecule has 5 nitrogen and oxygen atoms in total. The molecule has 86 valence electrons. The fraction of sp³-hybridized carbons (Fsp3) is 0. The van der Waals surface area contributed by atoms with Crippen molar-refractivity contribution in [3.63, 3.8) is 0 Å². The smallest absolute Gasteiger partial charge is 0.248 e. The highest BCUT2D eigenvalue weighted by Gasteiger charge is 2.03. The maximum atomic E-state index is 10.9. The fourth-order valence-corrected chi connectivity index (χ4v) is 1.58. The number of hydrogen-bond acceptors (Lipinski definition) is 4. The van der Waals surface area contributed by atoms with Crippen molar-refractivity contribution in [2.75, 3.05) is 5.32 Å². The van der Waals surface area contributed by atoms with Crippen molar-refractivity contribution >= 4 is 33.3 Å². The van der Waals surface area contributed by atoms with E-state index >= 15 is 0 Å². The Morgan fingerprint density at radius 3 is 2.59 bits per heavy atom. The van der Waals surface area contributed by atoms with E-state index < -0.39 is 5.91 Å². The second-order valence-corrected chi connectivity index (χ2v) is 4.14. The predicted molar refractivity (Wildman–Crippen MR) is 68.0 cm³/mol. The molecule has 0 atom stereocenters. The van der Waals surface area contributed by atoms with Crippen molar-refractivity contribution in [3.8, 4) is 0 Å². The Balaban J connectivity index is 2.20. The number of amides is 1.